The van der Waals surface area contributed by atoms with E-state index >= 15 is 0 Å². The van der Waals surface area contributed by atoms with Gasteiger partial charge < -0.3 is 10.2 Å². The van der Waals surface area contributed by atoms with E-state index in [0.29, 0.717) is 26.1 Å². The highest BCUT2D eigenvalue weighted by Gasteiger charge is 2.33. The Hall–Kier alpha value is -2.67. The van der Waals surface area contributed by atoms with Gasteiger partial charge in [-0.25, -0.2) is 0 Å². The summed E-state index contributed by atoms with van der Waals surface area (Å²) in [4.78, 5) is 29.3. The van der Waals surface area contributed by atoms with Gasteiger partial charge in [0.1, 0.15) is 6.04 Å². The van der Waals surface area contributed by atoms with E-state index < -0.39 is 0 Å². The van der Waals surface area contributed by atoms with Gasteiger partial charge in [0.2, 0.25) is 11.8 Å². The number of carbonyl (C=O) groups is 2. The number of amides is 2. The van der Waals surface area contributed by atoms with E-state index in [0.717, 1.165) is 29.9 Å². The zero-order valence-electron chi connectivity index (χ0n) is 16.9. The first kappa shape index (κ1) is 20.1. The third-order valence-corrected chi connectivity index (χ3v) is 5.53. The van der Waals surface area contributed by atoms with Gasteiger partial charge in [-0.05, 0) is 25.8 Å². The number of H-pyrrole nitrogens is 1. The largest absolute Gasteiger partial charge is 0.358 e. The van der Waals surface area contributed by atoms with Gasteiger partial charge in [0.25, 0.3) is 0 Å². The fourth-order valence-corrected chi connectivity index (χ4v) is 3.74. The summed E-state index contributed by atoms with van der Waals surface area (Å²) in [5.41, 5.74) is 3.99. The molecule has 0 unspecified atom stereocenters. The van der Waals surface area contributed by atoms with E-state index in [-0.39, 0.29) is 17.9 Å². The van der Waals surface area contributed by atoms with Gasteiger partial charge in [-0.2, -0.15) is 5.10 Å². The molecule has 0 spiro atoms. The first-order valence-corrected chi connectivity index (χ1v) is 9.77. The minimum absolute atomic E-state index is 0.0405. The van der Waals surface area contributed by atoms with Crippen molar-refractivity contribution in [3.63, 3.8) is 0 Å². The number of aryl methyl sites for hydroxylation is 2. The van der Waals surface area contributed by atoms with Crippen LogP contribution in [-0.4, -0.2) is 71.1 Å². The molecule has 1 aliphatic heterocycles. The Kier molecular flexibility index (Phi) is 6.46. The van der Waals surface area contributed by atoms with Crippen molar-refractivity contribution in [2.45, 2.75) is 32.7 Å². The molecule has 2 amide bonds. The Labute approximate surface area is 166 Å². The van der Waals surface area contributed by atoms with Crippen molar-refractivity contribution in [2.24, 2.45) is 0 Å². The number of piperazine rings is 1. The molecule has 7 heteroatoms. The van der Waals surface area contributed by atoms with Crippen LogP contribution in [0.15, 0.2) is 30.3 Å². The number of rotatable bonds is 6. The quantitative estimate of drug-likeness (QED) is 0.782. The van der Waals surface area contributed by atoms with Crippen molar-refractivity contribution in [2.75, 3.05) is 33.2 Å². The van der Waals surface area contributed by atoms with Crippen molar-refractivity contribution in [3.05, 3.63) is 52.8 Å². The number of carbonyl (C=O) groups excluding carboxylic acids is 2. The molecule has 1 aromatic carbocycles. The predicted octanol–water partition coefficient (Wildman–Crippen LogP) is 1.07. The van der Waals surface area contributed by atoms with Gasteiger partial charge in [-0.3, -0.25) is 19.6 Å². The molecule has 2 N–H and O–H groups in total. The van der Waals surface area contributed by atoms with Crippen LogP contribution in [0.2, 0.25) is 0 Å². The highest BCUT2D eigenvalue weighted by molar-refractivity contribution is 5.84. The van der Waals surface area contributed by atoms with Crippen molar-refractivity contribution in [1.29, 1.82) is 0 Å². The van der Waals surface area contributed by atoms with Gasteiger partial charge in [0.15, 0.2) is 0 Å². The molecule has 0 saturated carbocycles. The molecule has 2 heterocycles. The minimum Gasteiger partial charge on any atom is -0.358 e. The molecule has 1 saturated heterocycles. The highest BCUT2D eigenvalue weighted by atomic mass is 16.2. The van der Waals surface area contributed by atoms with Crippen LogP contribution in [0.4, 0.5) is 0 Å². The molecule has 1 atom stereocenters. The lowest BCUT2D eigenvalue weighted by Crippen LogP contribution is -2.60. The smallest absolute Gasteiger partial charge is 0.238 e. The molecule has 1 fully saturated rings. The second kappa shape index (κ2) is 9.01. The maximum Gasteiger partial charge on any atom is 0.238 e. The topological polar surface area (TPSA) is 81.3 Å². The van der Waals surface area contributed by atoms with Gasteiger partial charge in [-0.1, -0.05) is 30.3 Å². The number of hydrogen-bond acceptors (Lipinski definition) is 4. The first-order valence-electron chi connectivity index (χ1n) is 9.77. The van der Waals surface area contributed by atoms with Crippen molar-refractivity contribution >= 4 is 11.8 Å². The average molecular weight is 383 g/mol. The summed E-state index contributed by atoms with van der Waals surface area (Å²) < 4.78 is 0. The Morgan fingerprint density at radius 2 is 1.96 bits per heavy atom. The zero-order chi connectivity index (χ0) is 20.1. The van der Waals surface area contributed by atoms with Crippen LogP contribution < -0.4 is 5.32 Å². The normalized spacial score (nSPS) is 17.5. The lowest BCUT2D eigenvalue weighted by atomic mass is 10.1. The second-order valence-corrected chi connectivity index (χ2v) is 7.33. The van der Waals surface area contributed by atoms with Crippen LogP contribution >= 0.6 is 0 Å². The average Bonchev–Trinajstić information content (AvgIpc) is 3.04. The van der Waals surface area contributed by atoms with Crippen molar-refractivity contribution < 1.29 is 9.59 Å². The van der Waals surface area contributed by atoms with Crippen LogP contribution in [0.5, 0.6) is 0 Å². The number of aromatic amines is 1. The van der Waals surface area contributed by atoms with Crippen LogP contribution in [0.1, 0.15) is 22.5 Å². The molecule has 2 aromatic rings. The standard InChI is InChI=1S/C21H29N5O2/c1-15-18(16(2)24-23-15)13-20(27)26-12-11-25(19(14-26)21(28)22-3)10-9-17-7-5-4-6-8-17/h4-8,19H,9-14H2,1-3H3,(H,22,28)(H,23,24)/t19-/m0/s1. The van der Waals surface area contributed by atoms with Gasteiger partial charge in [0, 0.05) is 44.5 Å². The molecular weight excluding hydrogens is 354 g/mol. The van der Waals surface area contributed by atoms with Crippen LogP contribution in [0.3, 0.4) is 0 Å². The lowest BCUT2D eigenvalue weighted by molar-refractivity contribution is -0.137. The third-order valence-electron chi connectivity index (χ3n) is 5.53. The lowest BCUT2D eigenvalue weighted by Gasteiger charge is -2.40. The van der Waals surface area contributed by atoms with Crippen molar-refractivity contribution in [3.8, 4) is 0 Å². The third kappa shape index (κ3) is 4.59. The maximum absolute atomic E-state index is 12.8. The van der Waals surface area contributed by atoms with Gasteiger partial charge >= 0.3 is 0 Å². The highest BCUT2D eigenvalue weighted by Crippen LogP contribution is 2.16. The molecule has 0 radical (unpaired) electrons. The van der Waals surface area contributed by atoms with E-state index in [4.69, 9.17) is 0 Å². The number of hydrogen-bond donors (Lipinski definition) is 2. The second-order valence-electron chi connectivity index (χ2n) is 7.33. The Balaban J connectivity index is 1.64. The summed E-state index contributed by atoms with van der Waals surface area (Å²) >= 11 is 0. The Bertz CT molecular complexity index is 798. The molecule has 0 bridgehead atoms. The van der Waals surface area contributed by atoms with E-state index in [1.54, 1.807) is 7.05 Å². The first-order chi connectivity index (χ1) is 13.5. The molecule has 7 nitrogen and oxygen atoms in total. The summed E-state index contributed by atoms with van der Waals surface area (Å²) in [5, 5.41) is 9.85. The molecule has 28 heavy (non-hydrogen) atoms. The fraction of sp³-hybridized carbons (Fsp3) is 0.476. The molecule has 150 valence electrons. The van der Waals surface area contributed by atoms with Gasteiger partial charge in [0.05, 0.1) is 12.1 Å². The Morgan fingerprint density at radius 1 is 1.21 bits per heavy atom. The fourth-order valence-electron chi connectivity index (χ4n) is 3.74. The number of aromatic nitrogens is 2. The molecule has 0 aliphatic carbocycles. The summed E-state index contributed by atoms with van der Waals surface area (Å²) in [6, 6.07) is 9.95. The van der Waals surface area contributed by atoms with E-state index in [2.05, 4.69) is 32.5 Å². The maximum atomic E-state index is 12.8. The monoisotopic (exact) mass is 383 g/mol. The summed E-state index contributed by atoms with van der Waals surface area (Å²) in [7, 11) is 1.65. The molecule has 1 aliphatic rings. The van der Waals surface area contributed by atoms with E-state index in [1.807, 2.05) is 36.9 Å². The minimum atomic E-state index is -0.321. The zero-order valence-corrected chi connectivity index (χ0v) is 16.9. The van der Waals surface area contributed by atoms with Crippen LogP contribution in [0, 0.1) is 13.8 Å². The molecular formula is C21H29N5O2. The van der Waals surface area contributed by atoms with Crippen LogP contribution in [0.25, 0.3) is 0 Å². The summed E-state index contributed by atoms with van der Waals surface area (Å²) in [5.74, 6) is 0.00504. The SMILES string of the molecule is CNC(=O)[C@@H]1CN(C(=O)Cc2c(C)n[nH]c2C)CCN1CCc1ccccc1. The number of likely N-dealkylation sites (N-methyl/N-ethyl adjacent to an activating group) is 1. The summed E-state index contributed by atoms with van der Waals surface area (Å²) in [6.07, 6.45) is 1.20. The van der Waals surface area contributed by atoms with E-state index in [1.165, 1.54) is 5.56 Å². The summed E-state index contributed by atoms with van der Waals surface area (Å²) in [6.45, 7) is 6.38. The van der Waals surface area contributed by atoms with Crippen molar-refractivity contribution in [1.82, 2.24) is 25.3 Å². The van der Waals surface area contributed by atoms with Crippen LogP contribution in [-0.2, 0) is 22.4 Å². The molecule has 1 aromatic heterocycles. The number of benzene rings is 1. The Morgan fingerprint density at radius 3 is 2.61 bits per heavy atom. The van der Waals surface area contributed by atoms with Gasteiger partial charge in [-0.15, -0.1) is 0 Å². The molecule has 3 rings (SSSR count). The number of nitrogens with one attached hydrogen (secondary N) is 2. The number of nitrogens with zero attached hydrogens (tertiary/aromatic N) is 3. The van der Waals surface area contributed by atoms with E-state index in [9.17, 15) is 9.59 Å². The predicted molar refractivity (Wildman–Crippen MR) is 108 cm³/mol.